The number of H-pyrrole nitrogens is 1. The average molecular weight is 589 g/mol. The second-order valence-corrected chi connectivity index (χ2v) is 12.7. The van der Waals surface area contributed by atoms with Crippen LogP contribution in [0.4, 0.5) is 5.00 Å². The number of fused-ring (bicyclic) bond motifs is 2. The Morgan fingerprint density at radius 2 is 1.98 bits per heavy atom. The lowest BCUT2D eigenvalue weighted by molar-refractivity contribution is -0.124. The van der Waals surface area contributed by atoms with Crippen molar-refractivity contribution >= 4 is 45.2 Å². The number of rotatable bonds is 8. The van der Waals surface area contributed by atoms with Gasteiger partial charge >= 0.3 is 11.9 Å². The molecule has 5 rings (SSSR count). The molecule has 2 unspecified atom stereocenters. The maximum atomic E-state index is 13.4. The summed E-state index contributed by atoms with van der Waals surface area (Å²) in [6, 6.07) is 8.74. The molecule has 2 N–H and O–H groups in total. The highest BCUT2D eigenvalue weighted by Gasteiger charge is 2.35. The summed E-state index contributed by atoms with van der Waals surface area (Å²) < 4.78 is 11.0. The van der Waals surface area contributed by atoms with Crippen LogP contribution in [0.25, 0.3) is 22.4 Å². The molecule has 220 valence electrons. The Kier molecular flexibility index (Phi) is 8.45. The van der Waals surface area contributed by atoms with Gasteiger partial charge in [0.2, 0.25) is 0 Å². The minimum atomic E-state index is -1.04. The molecule has 0 saturated heterocycles. The minimum absolute atomic E-state index is 0.135. The first kappa shape index (κ1) is 29.4. The molecule has 0 radical (unpaired) electrons. The molecule has 0 aliphatic heterocycles. The number of hydrogen-bond acceptors (Lipinski definition) is 8. The SMILES string of the molecule is CCOC(=O)c1c(NC(=O)C(CC)OC(=O)c2ccc3nc(-c4cccnc4)[nH]c3c2)sc2c1CCC(C(C)(C)C)C2. The first-order valence-corrected chi connectivity index (χ1v) is 15.1. The van der Waals surface area contributed by atoms with Crippen molar-refractivity contribution in [3.8, 4) is 11.4 Å². The first-order valence-electron chi connectivity index (χ1n) is 14.3. The second kappa shape index (κ2) is 12.1. The fraction of sp³-hybridized carbons (Fsp3) is 0.406. The molecular formula is C32H36N4O5S. The summed E-state index contributed by atoms with van der Waals surface area (Å²) >= 11 is 1.42. The van der Waals surface area contributed by atoms with E-state index in [1.54, 1.807) is 44.4 Å². The number of esters is 2. The van der Waals surface area contributed by atoms with Gasteiger partial charge in [0.1, 0.15) is 10.8 Å². The van der Waals surface area contributed by atoms with Crippen LogP contribution in [0.15, 0.2) is 42.7 Å². The molecule has 0 saturated carbocycles. The van der Waals surface area contributed by atoms with Crippen LogP contribution in [0, 0.1) is 11.3 Å². The molecule has 1 amide bonds. The van der Waals surface area contributed by atoms with E-state index in [0.717, 1.165) is 35.3 Å². The van der Waals surface area contributed by atoms with E-state index >= 15 is 0 Å². The fourth-order valence-corrected chi connectivity index (χ4v) is 6.64. The van der Waals surface area contributed by atoms with Gasteiger partial charge in [-0.3, -0.25) is 9.78 Å². The largest absolute Gasteiger partial charge is 0.462 e. The number of aromatic amines is 1. The third-order valence-electron chi connectivity index (χ3n) is 7.77. The Balaban J connectivity index is 1.34. The van der Waals surface area contributed by atoms with E-state index in [-0.39, 0.29) is 18.4 Å². The summed E-state index contributed by atoms with van der Waals surface area (Å²) in [4.78, 5) is 52.5. The van der Waals surface area contributed by atoms with Crippen LogP contribution >= 0.6 is 11.3 Å². The average Bonchev–Trinajstić information content (AvgIpc) is 3.56. The minimum Gasteiger partial charge on any atom is -0.462 e. The van der Waals surface area contributed by atoms with E-state index < -0.39 is 23.9 Å². The van der Waals surface area contributed by atoms with E-state index in [2.05, 4.69) is 41.0 Å². The normalized spacial score (nSPS) is 15.6. The highest BCUT2D eigenvalue weighted by molar-refractivity contribution is 7.17. The number of benzene rings is 1. The smallest absolute Gasteiger partial charge is 0.341 e. The molecule has 3 aromatic heterocycles. The number of nitrogens with zero attached hydrogens (tertiary/aromatic N) is 2. The number of carbonyl (C=O) groups excluding carboxylic acids is 3. The molecular weight excluding hydrogens is 552 g/mol. The summed E-state index contributed by atoms with van der Waals surface area (Å²) in [7, 11) is 0. The van der Waals surface area contributed by atoms with E-state index in [1.807, 2.05) is 12.1 Å². The number of hydrogen-bond donors (Lipinski definition) is 2. The number of imidazole rings is 1. The number of pyridine rings is 1. The lowest BCUT2D eigenvalue weighted by Gasteiger charge is -2.33. The van der Waals surface area contributed by atoms with Gasteiger partial charge in [-0.25, -0.2) is 14.6 Å². The zero-order valence-corrected chi connectivity index (χ0v) is 25.4. The summed E-state index contributed by atoms with van der Waals surface area (Å²) in [5.41, 5.74) is 3.99. The number of thiophene rings is 1. The van der Waals surface area contributed by atoms with E-state index in [1.165, 1.54) is 11.3 Å². The van der Waals surface area contributed by atoms with Crippen LogP contribution < -0.4 is 5.32 Å². The first-order chi connectivity index (χ1) is 20.1. The lowest BCUT2D eigenvalue weighted by atomic mass is 9.72. The number of amides is 1. The number of nitrogens with one attached hydrogen (secondary N) is 2. The standard InChI is InChI=1S/C32H36N4O5S/c1-6-24(41-30(38)18-10-13-22-23(15-18)35-27(34-22)19-9-8-14-33-17-19)28(37)36-29-26(31(39)40-7-2)21-12-11-20(32(3,4)5)16-25(21)42-29/h8-10,13-15,17,20,24H,6-7,11-12,16H2,1-5H3,(H,34,35)(H,36,37). The summed E-state index contributed by atoms with van der Waals surface area (Å²) in [5, 5.41) is 3.35. The van der Waals surface area contributed by atoms with Crippen LogP contribution in [-0.4, -0.2) is 45.5 Å². The van der Waals surface area contributed by atoms with E-state index in [4.69, 9.17) is 9.47 Å². The van der Waals surface area contributed by atoms with E-state index in [0.29, 0.717) is 38.9 Å². The van der Waals surface area contributed by atoms with Crippen molar-refractivity contribution in [1.82, 2.24) is 15.0 Å². The summed E-state index contributed by atoms with van der Waals surface area (Å²) in [6.45, 7) is 10.5. The zero-order valence-electron chi connectivity index (χ0n) is 24.6. The molecule has 42 heavy (non-hydrogen) atoms. The van der Waals surface area contributed by atoms with Gasteiger partial charge in [-0.05, 0) is 79.8 Å². The van der Waals surface area contributed by atoms with Crippen molar-refractivity contribution in [3.63, 3.8) is 0 Å². The number of anilines is 1. The lowest BCUT2D eigenvalue weighted by Crippen LogP contribution is -2.32. The number of aromatic nitrogens is 3. The Bertz CT molecular complexity index is 1620. The van der Waals surface area contributed by atoms with Gasteiger partial charge in [0.15, 0.2) is 6.10 Å². The van der Waals surface area contributed by atoms with Gasteiger partial charge in [-0.2, -0.15) is 0 Å². The Morgan fingerprint density at radius 1 is 1.17 bits per heavy atom. The fourth-order valence-electron chi connectivity index (χ4n) is 5.32. The number of carbonyl (C=O) groups is 3. The summed E-state index contributed by atoms with van der Waals surface area (Å²) in [5.74, 6) is -0.439. The molecule has 1 aliphatic rings. The van der Waals surface area contributed by atoms with Crippen molar-refractivity contribution in [2.24, 2.45) is 11.3 Å². The highest BCUT2D eigenvalue weighted by Crippen LogP contribution is 2.44. The van der Waals surface area contributed by atoms with E-state index in [9.17, 15) is 14.4 Å². The topological polar surface area (TPSA) is 123 Å². The Hall–Kier alpha value is -4.05. The van der Waals surface area contributed by atoms with Crippen molar-refractivity contribution in [1.29, 1.82) is 0 Å². The van der Waals surface area contributed by atoms with Crippen LogP contribution in [-0.2, 0) is 27.1 Å². The molecule has 9 nitrogen and oxygen atoms in total. The van der Waals surface area contributed by atoms with Crippen LogP contribution in [0.3, 0.4) is 0 Å². The van der Waals surface area contributed by atoms with Crippen LogP contribution in [0.2, 0.25) is 0 Å². The zero-order chi connectivity index (χ0) is 30.0. The van der Waals surface area contributed by atoms with Crippen molar-refractivity contribution in [3.05, 3.63) is 64.3 Å². The second-order valence-electron chi connectivity index (χ2n) is 11.6. The van der Waals surface area contributed by atoms with Crippen molar-refractivity contribution < 1.29 is 23.9 Å². The highest BCUT2D eigenvalue weighted by atomic mass is 32.1. The van der Waals surface area contributed by atoms with Gasteiger partial charge in [-0.1, -0.05) is 27.7 Å². The Morgan fingerprint density at radius 3 is 2.67 bits per heavy atom. The molecule has 1 aromatic carbocycles. The monoisotopic (exact) mass is 588 g/mol. The van der Waals surface area contributed by atoms with Gasteiger partial charge < -0.3 is 19.8 Å². The van der Waals surface area contributed by atoms with Crippen molar-refractivity contribution in [2.75, 3.05) is 11.9 Å². The molecule has 0 fully saturated rings. The predicted molar refractivity (Wildman–Crippen MR) is 163 cm³/mol. The van der Waals surface area contributed by atoms with Gasteiger partial charge in [-0.15, -0.1) is 11.3 Å². The molecule has 4 aromatic rings. The molecule has 1 aliphatic carbocycles. The quantitative estimate of drug-likeness (QED) is 0.223. The molecule has 0 spiro atoms. The maximum absolute atomic E-state index is 13.4. The molecule has 10 heteroatoms. The third kappa shape index (κ3) is 6.09. The van der Waals surface area contributed by atoms with Crippen LogP contribution in [0.5, 0.6) is 0 Å². The molecule has 2 atom stereocenters. The van der Waals surface area contributed by atoms with Crippen molar-refractivity contribution in [2.45, 2.75) is 66.4 Å². The summed E-state index contributed by atoms with van der Waals surface area (Å²) in [6.07, 6.45) is 5.18. The predicted octanol–water partition coefficient (Wildman–Crippen LogP) is 6.59. The van der Waals surface area contributed by atoms with Gasteiger partial charge in [0, 0.05) is 22.8 Å². The van der Waals surface area contributed by atoms with Gasteiger partial charge in [0.05, 0.1) is 28.8 Å². The Labute approximate surface area is 249 Å². The van der Waals surface area contributed by atoms with Crippen LogP contribution in [0.1, 0.15) is 78.6 Å². The molecule has 3 heterocycles. The van der Waals surface area contributed by atoms with Gasteiger partial charge in [0.25, 0.3) is 5.91 Å². The third-order valence-corrected chi connectivity index (χ3v) is 8.94. The molecule has 0 bridgehead atoms. The maximum Gasteiger partial charge on any atom is 0.341 e. The number of ether oxygens (including phenoxy) is 2.